The molecule has 0 aliphatic carbocycles. The normalized spacial score (nSPS) is 10.4. The van der Waals surface area contributed by atoms with Gasteiger partial charge in [-0.05, 0) is 24.3 Å². The van der Waals surface area contributed by atoms with Crippen LogP contribution < -0.4 is 5.73 Å². The number of nitrogen functional groups attached to an aromatic ring is 1. The molecule has 0 atom stereocenters. The van der Waals surface area contributed by atoms with Crippen LogP contribution in [0.4, 0.5) is 8.78 Å². The fourth-order valence-corrected chi connectivity index (χ4v) is 2.20. The molecular weight excluding hydrogens is 230 g/mol. The lowest BCUT2D eigenvalue weighted by atomic mass is 10.2. The first-order chi connectivity index (χ1) is 7.56. The fraction of sp³-hybridized carbons (Fsp3) is 0.364. The molecule has 1 rings (SSSR count). The summed E-state index contributed by atoms with van der Waals surface area (Å²) in [7, 11) is 0. The number of thioether (sulfide) groups is 1. The van der Waals surface area contributed by atoms with Crippen LogP contribution >= 0.6 is 11.8 Å². The molecule has 2 nitrogen and oxygen atoms in total. The largest absolute Gasteiger partial charge is 0.384 e. The molecule has 0 aliphatic rings. The molecule has 5 heteroatoms. The van der Waals surface area contributed by atoms with Crippen molar-refractivity contribution < 1.29 is 8.78 Å². The molecule has 1 aromatic rings. The van der Waals surface area contributed by atoms with Gasteiger partial charge >= 0.3 is 0 Å². The Balaban J connectivity index is 2.89. The molecule has 16 heavy (non-hydrogen) atoms. The lowest BCUT2D eigenvalue weighted by Gasteiger charge is -2.06. The lowest BCUT2D eigenvalue weighted by molar-refractivity contribution is 0.540. The minimum absolute atomic E-state index is 0.0125. The second kappa shape index (κ2) is 5.84. The number of nitrogens with one attached hydrogen (secondary N) is 1. The average Bonchev–Trinajstić information content (AvgIpc) is 2.21. The van der Waals surface area contributed by atoms with E-state index in [-0.39, 0.29) is 16.3 Å². The summed E-state index contributed by atoms with van der Waals surface area (Å²) in [6.07, 6.45) is 1.90. The first-order valence-corrected chi connectivity index (χ1v) is 6.01. The molecule has 3 N–H and O–H groups in total. The highest BCUT2D eigenvalue weighted by Crippen LogP contribution is 2.27. The van der Waals surface area contributed by atoms with Crippen LogP contribution in [0.3, 0.4) is 0 Å². The standard InChI is InChI=1S/C11H14F2N2S/c1-2-3-4-16-10-8(12)5-7(11(14)15)6-9(10)13/h5-6H,2-4H2,1H3,(H3,14,15). The van der Waals surface area contributed by atoms with Crippen LogP contribution in [0, 0.1) is 17.0 Å². The number of rotatable bonds is 5. The Morgan fingerprint density at radius 1 is 1.38 bits per heavy atom. The van der Waals surface area contributed by atoms with Crippen LogP contribution in [-0.2, 0) is 0 Å². The minimum atomic E-state index is -0.647. The summed E-state index contributed by atoms with van der Waals surface area (Å²) >= 11 is 1.16. The third-order valence-electron chi connectivity index (χ3n) is 2.05. The third-order valence-corrected chi connectivity index (χ3v) is 3.23. The van der Waals surface area contributed by atoms with Gasteiger partial charge in [-0.15, -0.1) is 11.8 Å². The zero-order valence-corrected chi connectivity index (χ0v) is 9.83. The van der Waals surface area contributed by atoms with Gasteiger partial charge in [-0.25, -0.2) is 8.78 Å². The van der Waals surface area contributed by atoms with Gasteiger partial charge in [0.2, 0.25) is 0 Å². The van der Waals surface area contributed by atoms with Crippen LogP contribution in [0.25, 0.3) is 0 Å². The molecule has 0 spiro atoms. The van der Waals surface area contributed by atoms with Crippen LogP contribution in [0.5, 0.6) is 0 Å². The molecule has 0 saturated heterocycles. The van der Waals surface area contributed by atoms with E-state index in [0.717, 1.165) is 36.7 Å². The lowest BCUT2D eigenvalue weighted by Crippen LogP contribution is -2.12. The molecular formula is C11H14F2N2S. The number of amidine groups is 1. The fourth-order valence-electron chi connectivity index (χ4n) is 1.17. The minimum Gasteiger partial charge on any atom is -0.384 e. The van der Waals surface area contributed by atoms with Crippen molar-refractivity contribution in [3.05, 3.63) is 29.3 Å². The molecule has 88 valence electrons. The van der Waals surface area contributed by atoms with Gasteiger partial charge in [0.25, 0.3) is 0 Å². The topological polar surface area (TPSA) is 49.9 Å². The summed E-state index contributed by atoms with van der Waals surface area (Å²) < 4.78 is 27.0. The van der Waals surface area contributed by atoms with Gasteiger partial charge in [-0.3, -0.25) is 5.41 Å². The second-order valence-corrected chi connectivity index (χ2v) is 4.49. The number of hydrogen-bond donors (Lipinski definition) is 2. The third kappa shape index (κ3) is 3.20. The SMILES string of the molecule is CCCCSc1c(F)cc(C(=N)N)cc1F. The van der Waals surface area contributed by atoms with Crippen molar-refractivity contribution in [2.75, 3.05) is 5.75 Å². The number of halogens is 2. The molecule has 0 aliphatic heterocycles. The zero-order chi connectivity index (χ0) is 12.1. The molecule has 1 aromatic carbocycles. The summed E-state index contributed by atoms with van der Waals surface area (Å²) in [4.78, 5) is 0.0125. The number of unbranched alkanes of at least 4 members (excludes halogenated alkanes) is 1. The van der Waals surface area contributed by atoms with E-state index in [2.05, 4.69) is 0 Å². The predicted molar refractivity (Wildman–Crippen MR) is 63.0 cm³/mol. The number of hydrogen-bond acceptors (Lipinski definition) is 2. The summed E-state index contributed by atoms with van der Waals surface area (Å²) in [6, 6.07) is 2.19. The highest BCUT2D eigenvalue weighted by molar-refractivity contribution is 7.99. The Morgan fingerprint density at radius 3 is 2.38 bits per heavy atom. The van der Waals surface area contributed by atoms with Crippen LogP contribution in [-0.4, -0.2) is 11.6 Å². The maximum Gasteiger partial charge on any atom is 0.140 e. The van der Waals surface area contributed by atoms with Gasteiger partial charge in [-0.2, -0.15) is 0 Å². The van der Waals surface area contributed by atoms with E-state index in [1.807, 2.05) is 6.92 Å². The molecule has 0 unspecified atom stereocenters. The monoisotopic (exact) mass is 244 g/mol. The number of nitrogens with two attached hydrogens (primary N) is 1. The van der Waals surface area contributed by atoms with Gasteiger partial charge < -0.3 is 5.73 Å². The van der Waals surface area contributed by atoms with Crippen LogP contribution in [0.15, 0.2) is 17.0 Å². The van der Waals surface area contributed by atoms with Gasteiger partial charge in [-0.1, -0.05) is 13.3 Å². The quantitative estimate of drug-likeness (QED) is 0.362. The van der Waals surface area contributed by atoms with Crippen molar-refractivity contribution in [2.45, 2.75) is 24.7 Å². The summed E-state index contributed by atoms with van der Waals surface area (Å²) in [5.74, 6) is -0.940. The van der Waals surface area contributed by atoms with E-state index in [1.54, 1.807) is 0 Å². The Bertz CT molecular complexity index is 371. The summed E-state index contributed by atoms with van der Waals surface area (Å²) in [6.45, 7) is 2.02. The Hall–Kier alpha value is -1.10. The van der Waals surface area contributed by atoms with Crippen molar-refractivity contribution in [1.29, 1.82) is 5.41 Å². The van der Waals surface area contributed by atoms with E-state index in [0.29, 0.717) is 5.75 Å². The average molecular weight is 244 g/mol. The first kappa shape index (κ1) is 13.0. The van der Waals surface area contributed by atoms with Crippen molar-refractivity contribution in [3.8, 4) is 0 Å². The second-order valence-electron chi connectivity index (χ2n) is 3.38. The predicted octanol–water partition coefficient (Wildman–Crippen LogP) is 3.14. The Kier molecular flexibility index (Phi) is 4.73. The smallest absolute Gasteiger partial charge is 0.140 e. The van der Waals surface area contributed by atoms with Crippen LogP contribution in [0.2, 0.25) is 0 Å². The zero-order valence-electron chi connectivity index (χ0n) is 9.02. The van der Waals surface area contributed by atoms with Gasteiger partial charge in [0.15, 0.2) is 0 Å². The summed E-state index contributed by atoms with van der Waals surface area (Å²) in [5, 5.41) is 7.10. The molecule has 0 fully saturated rings. The van der Waals surface area contributed by atoms with E-state index in [9.17, 15) is 8.78 Å². The van der Waals surface area contributed by atoms with E-state index in [1.165, 1.54) is 0 Å². The highest BCUT2D eigenvalue weighted by Gasteiger charge is 2.12. The maximum atomic E-state index is 13.5. The summed E-state index contributed by atoms with van der Waals surface area (Å²) in [5.41, 5.74) is 5.24. The number of benzene rings is 1. The molecule has 0 saturated carbocycles. The molecule has 0 heterocycles. The van der Waals surface area contributed by atoms with Crippen molar-refractivity contribution >= 4 is 17.6 Å². The molecule has 0 radical (unpaired) electrons. The van der Waals surface area contributed by atoms with E-state index in [4.69, 9.17) is 11.1 Å². The Morgan fingerprint density at radius 2 is 1.94 bits per heavy atom. The van der Waals surface area contributed by atoms with E-state index >= 15 is 0 Å². The van der Waals surface area contributed by atoms with Gasteiger partial charge in [0, 0.05) is 5.56 Å². The van der Waals surface area contributed by atoms with Crippen LogP contribution in [0.1, 0.15) is 25.3 Å². The van der Waals surface area contributed by atoms with E-state index < -0.39 is 11.6 Å². The highest BCUT2D eigenvalue weighted by atomic mass is 32.2. The van der Waals surface area contributed by atoms with Crippen molar-refractivity contribution in [3.63, 3.8) is 0 Å². The van der Waals surface area contributed by atoms with Gasteiger partial charge in [0.05, 0.1) is 4.90 Å². The van der Waals surface area contributed by atoms with Crippen molar-refractivity contribution in [2.24, 2.45) is 5.73 Å². The van der Waals surface area contributed by atoms with Gasteiger partial charge in [0.1, 0.15) is 17.5 Å². The molecule has 0 amide bonds. The van der Waals surface area contributed by atoms with Crippen molar-refractivity contribution in [1.82, 2.24) is 0 Å². The molecule has 0 bridgehead atoms. The maximum absolute atomic E-state index is 13.5. The first-order valence-electron chi connectivity index (χ1n) is 5.02. The molecule has 0 aromatic heterocycles. The Labute approximate surface area is 97.7 Å².